The maximum atomic E-state index is 12.5. The fraction of sp³-hybridized carbons (Fsp3) is 0.444. The summed E-state index contributed by atoms with van der Waals surface area (Å²) in [5, 5.41) is 2.70. The summed E-state index contributed by atoms with van der Waals surface area (Å²) >= 11 is 0. The Morgan fingerprint density at radius 2 is 1.67 bits per heavy atom. The Hall–Kier alpha value is -2.50. The minimum absolute atomic E-state index is 0.126. The highest BCUT2D eigenvalue weighted by Gasteiger charge is 2.26. The molecule has 6 heteroatoms. The molecule has 0 aliphatic rings. The SMILES string of the molecule is C=C(C)COC(=O)[C@H](NC(=O)c1cc(OC)cc(OC)c1)C(C)C. The second kappa shape index (κ2) is 8.96. The minimum atomic E-state index is -0.756. The van der Waals surface area contributed by atoms with Crippen LogP contribution in [0.5, 0.6) is 11.5 Å². The molecule has 0 heterocycles. The number of ether oxygens (including phenoxy) is 3. The van der Waals surface area contributed by atoms with Crippen molar-refractivity contribution in [1.29, 1.82) is 0 Å². The van der Waals surface area contributed by atoms with Crippen molar-refractivity contribution in [3.63, 3.8) is 0 Å². The van der Waals surface area contributed by atoms with E-state index in [0.29, 0.717) is 17.1 Å². The molecule has 0 saturated carbocycles. The van der Waals surface area contributed by atoms with Gasteiger partial charge in [0.25, 0.3) is 5.91 Å². The quantitative estimate of drug-likeness (QED) is 0.584. The second-order valence-corrected chi connectivity index (χ2v) is 5.86. The van der Waals surface area contributed by atoms with Gasteiger partial charge in [0.2, 0.25) is 0 Å². The number of esters is 1. The Morgan fingerprint density at radius 1 is 1.12 bits per heavy atom. The van der Waals surface area contributed by atoms with Gasteiger partial charge in [0.1, 0.15) is 24.1 Å². The van der Waals surface area contributed by atoms with E-state index >= 15 is 0 Å². The van der Waals surface area contributed by atoms with Crippen molar-refractivity contribution < 1.29 is 23.8 Å². The van der Waals surface area contributed by atoms with Gasteiger partial charge in [-0.3, -0.25) is 4.79 Å². The summed E-state index contributed by atoms with van der Waals surface area (Å²) < 4.78 is 15.5. The van der Waals surface area contributed by atoms with Crippen LogP contribution in [-0.2, 0) is 9.53 Å². The van der Waals surface area contributed by atoms with Crippen LogP contribution in [0, 0.1) is 5.92 Å². The highest BCUT2D eigenvalue weighted by atomic mass is 16.5. The molecule has 0 radical (unpaired) electrons. The molecule has 6 nitrogen and oxygen atoms in total. The van der Waals surface area contributed by atoms with Crippen LogP contribution in [0.2, 0.25) is 0 Å². The van der Waals surface area contributed by atoms with Gasteiger partial charge in [-0.2, -0.15) is 0 Å². The van der Waals surface area contributed by atoms with Crippen LogP contribution in [0.1, 0.15) is 31.1 Å². The summed E-state index contributed by atoms with van der Waals surface area (Å²) in [5.74, 6) is -0.0376. The van der Waals surface area contributed by atoms with Crippen molar-refractivity contribution in [2.75, 3.05) is 20.8 Å². The molecule has 0 bridgehead atoms. The Morgan fingerprint density at radius 3 is 2.08 bits per heavy atom. The van der Waals surface area contributed by atoms with Crippen molar-refractivity contribution in [2.24, 2.45) is 5.92 Å². The molecule has 0 unspecified atom stereocenters. The van der Waals surface area contributed by atoms with Crippen LogP contribution < -0.4 is 14.8 Å². The van der Waals surface area contributed by atoms with Gasteiger partial charge in [-0.05, 0) is 30.5 Å². The highest BCUT2D eigenvalue weighted by Crippen LogP contribution is 2.22. The van der Waals surface area contributed by atoms with E-state index in [0.717, 1.165) is 5.57 Å². The Balaban J connectivity index is 2.92. The number of amides is 1. The maximum Gasteiger partial charge on any atom is 0.329 e. The van der Waals surface area contributed by atoms with Crippen molar-refractivity contribution in [3.05, 3.63) is 35.9 Å². The summed E-state index contributed by atoms with van der Waals surface area (Å²) in [7, 11) is 3.00. The molecule has 132 valence electrons. The highest BCUT2D eigenvalue weighted by molar-refractivity contribution is 5.97. The molecular formula is C18H25NO5. The van der Waals surface area contributed by atoms with Crippen molar-refractivity contribution in [3.8, 4) is 11.5 Å². The van der Waals surface area contributed by atoms with Crippen LogP contribution in [0.3, 0.4) is 0 Å². The lowest BCUT2D eigenvalue weighted by atomic mass is 10.0. The van der Waals surface area contributed by atoms with E-state index in [4.69, 9.17) is 14.2 Å². The number of hydrogen-bond acceptors (Lipinski definition) is 5. The first-order valence-electron chi connectivity index (χ1n) is 7.63. The third-order valence-corrected chi connectivity index (χ3v) is 3.28. The smallest absolute Gasteiger partial charge is 0.329 e. The topological polar surface area (TPSA) is 73.9 Å². The molecule has 0 aliphatic carbocycles. The molecular weight excluding hydrogens is 310 g/mol. The van der Waals surface area contributed by atoms with E-state index in [1.54, 1.807) is 25.1 Å². The van der Waals surface area contributed by atoms with Crippen LogP contribution in [-0.4, -0.2) is 38.7 Å². The van der Waals surface area contributed by atoms with E-state index in [1.165, 1.54) is 14.2 Å². The van der Waals surface area contributed by atoms with Crippen LogP contribution in [0.4, 0.5) is 0 Å². The van der Waals surface area contributed by atoms with Crippen LogP contribution >= 0.6 is 0 Å². The molecule has 0 spiro atoms. The van der Waals surface area contributed by atoms with Gasteiger partial charge in [0.05, 0.1) is 14.2 Å². The lowest BCUT2D eigenvalue weighted by molar-refractivity contribution is -0.146. The Bertz CT molecular complexity index is 587. The van der Waals surface area contributed by atoms with Crippen molar-refractivity contribution >= 4 is 11.9 Å². The monoisotopic (exact) mass is 335 g/mol. The van der Waals surface area contributed by atoms with Gasteiger partial charge in [0.15, 0.2) is 0 Å². The van der Waals surface area contributed by atoms with E-state index in [9.17, 15) is 9.59 Å². The zero-order valence-electron chi connectivity index (χ0n) is 14.8. The number of nitrogens with one attached hydrogen (secondary N) is 1. The normalized spacial score (nSPS) is 11.6. The zero-order valence-corrected chi connectivity index (χ0v) is 14.8. The molecule has 1 aromatic rings. The molecule has 1 aromatic carbocycles. The first-order chi connectivity index (χ1) is 11.3. The summed E-state index contributed by atoms with van der Waals surface area (Å²) in [6.45, 7) is 9.24. The van der Waals surface area contributed by atoms with Gasteiger partial charge in [-0.25, -0.2) is 4.79 Å². The lowest BCUT2D eigenvalue weighted by Gasteiger charge is -2.21. The molecule has 1 atom stereocenters. The lowest BCUT2D eigenvalue weighted by Crippen LogP contribution is -2.45. The van der Waals surface area contributed by atoms with Gasteiger partial charge >= 0.3 is 5.97 Å². The molecule has 24 heavy (non-hydrogen) atoms. The van der Waals surface area contributed by atoms with Crippen molar-refractivity contribution in [2.45, 2.75) is 26.8 Å². The average molecular weight is 335 g/mol. The van der Waals surface area contributed by atoms with E-state index in [-0.39, 0.29) is 12.5 Å². The number of rotatable bonds is 8. The molecule has 1 amide bonds. The van der Waals surface area contributed by atoms with Gasteiger partial charge in [0, 0.05) is 11.6 Å². The van der Waals surface area contributed by atoms with E-state index in [2.05, 4.69) is 11.9 Å². The predicted molar refractivity (Wildman–Crippen MR) is 91.4 cm³/mol. The van der Waals surface area contributed by atoms with Gasteiger partial charge < -0.3 is 19.5 Å². The standard InChI is InChI=1S/C18H25NO5/c1-11(2)10-24-18(21)16(12(3)4)19-17(20)13-7-14(22-5)9-15(8-13)23-6/h7-9,12,16H,1,10H2,2-6H3,(H,19,20)/t16-/m1/s1. The number of methoxy groups -OCH3 is 2. The maximum absolute atomic E-state index is 12.5. The number of hydrogen-bond donors (Lipinski definition) is 1. The first-order valence-corrected chi connectivity index (χ1v) is 7.63. The Labute approximate surface area is 142 Å². The van der Waals surface area contributed by atoms with E-state index in [1.807, 2.05) is 13.8 Å². The van der Waals surface area contributed by atoms with Crippen molar-refractivity contribution in [1.82, 2.24) is 5.32 Å². The van der Waals surface area contributed by atoms with Crippen LogP contribution in [0.25, 0.3) is 0 Å². The largest absolute Gasteiger partial charge is 0.497 e. The number of carbonyl (C=O) groups is 2. The van der Waals surface area contributed by atoms with Gasteiger partial charge in [-0.15, -0.1) is 0 Å². The summed E-state index contributed by atoms with van der Waals surface area (Å²) in [4.78, 5) is 24.7. The zero-order chi connectivity index (χ0) is 18.3. The summed E-state index contributed by atoms with van der Waals surface area (Å²) in [6.07, 6.45) is 0. The molecule has 0 fully saturated rings. The summed E-state index contributed by atoms with van der Waals surface area (Å²) in [6, 6.07) is 4.06. The molecule has 0 saturated heterocycles. The molecule has 1 N–H and O–H groups in total. The fourth-order valence-electron chi connectivity index (χ4n) is 1.94. The van der Waals surface area contributed by atoms with Crippen LogP contribution in [0.15, 0.2) is 30.4 Å². The molecule has 1 rings (SSSR count). The number of benzene rings is 1. The summed E-state index contributed by atoms with van der Waals surface area (Å²) in [5.41, 5.74) is 1.07. The van der Waals surface area contributed by atoms with E-state index < -0.39 is 17.9 Å². The second-order valence-electron chi connectivity index (χ2n) is 5.86. The molecule has 0 aromatic heterocycles. The third kappa shape index (κ3) is 5.61. The molecule has 0 aliphatic heterocycles. The third-order valence-electron chi connectivity index (χ3n) is 3.28. The fourth-order valence-corrected chi connectivity index (χ4v) is 1.94. The predicted octanol–water partition coefficient (Wildman–Crippen LogP) is 2.58. The number of carbonyl (C=O) groups excluding carboxylic acids is 2. The van der Waals surface area contributed by atoms with Gasteiger partial charge in [-0.1, -0.05) is 20.4 Å². The minimum Gasteiger partial charge on any atom is -0.497 e. The average Bonchev–Trinajstić information content (AvgIpc) is 2.56. The Kier molecular flexibility index (Phi) is 7.30. The first kappa shape index (κ1) is 19.5.